The van der Waals surface area contributed by atoms with Gasteiger partial charge in [0.25, 0.3) is 0 Å². The van der Waals surface area contributed by atoms with Gasteiger partial charge in [-0.05, 0) is 31.4 Å². The van der Waals surface area contributed by atoms with E-state index in [2.05, 4.69) is 0 Å². The SMILES string of the molecule is COC(=O)C(c1ccccc1Cl)N1CCN(C(=O)[C@H](C)N2C(=O)C3CC=CCC3C2=O)CC1. The molecule has 2 heterocycles. The summed E-state index contributed by atoms with van der Waals surface area (Å²) in [5.41, 5.74) is 0.656. The summed E-state index contributed by atoms with van der Waals surface area (Å²) in [5.74, 6) is -1.88. The Morgan fingerprint density at radius 2 is 1.58 bits per heavy atom. The highest BCUT2D eigenvalue weighted by Crippen LogP contribution is 2.36. The number of likely N-dealkylation sites (tertiary alicyclic amines) is 1. The van der Waals surface area contributed by atoms with Gasteiger partial charge in [-0.3, -0.25) is 24.2 Å². The van der Waals surface area contributed by atoms with Crippen LogP contribution in [-0.4, -0.2) is 77.7 Å². The van der Waals surface area contributed by atoms with Gasteiger partial charge in [-0.2, -0.15) is 0 Å². The number of carbonyl (C=O) groups is 4. The third-order valence-corrected chi connectivity index (χ3v) is 7.25. The minimum absolute atomic E-state index is 0.252. The quantitative estimate of drug-likeness (QED) is 0.369. The van der Waals surface area contributed by atoms with Crippen LogP contribution in [0.25, 0.3) is 0 Å². The maximum atomic E-state index is 13.2. The Morgan fingerprint density at radius 1 is 1.00 bits per heavy atom. The molecule has 2 saturated heterocycles. The average Bonchev–Trinajstić information content (AvgIpc) is 3.10. The molecule has 3 amide bonds. The van der Waals surface area contributed by atoms with E-state index >= 15 is 0 Å². The monoisotopic (exact) mass is 473 g/mol. The zero-order valence-electron chi connectivity index (χ0n) is 18.8. The van der Waals surface area contributed by atoms with Gasteiger partial charge in [0.1, 0.15) is 12.1 Å². The third kappa shape index (κ3) is 4.29. The summed E-state index contributed by atoms with van der Waals surface area (Å²) in [6.45, 7) is 3.22. The number of piperazine rings is 1. The summed E-state index contributed by atoms with van der Waals surface area (Å²) >= 11 is 6.34. The molecule has 8 nitrogen and oxygen atoms in total. The van der Waals surface area contributed by atoms with Gasteiger partial charge in [-0.25, -0.2) is 4.79 Å². The third-order valence-electron chi connectivity index (χ3n) is 6.90. The number of hydrogen-bond donors (Lipinski definition) is 0. The van der Waals surface area contributed by atoms with Crippen molar-refractivity contribution in [3.05, 3.63) is 47.0 Å². The molecule has 3 unspecified atom stereocenters. The average molecular weight is 474 g/mol. The van der Waals surface area contributed by atoms with Crippen molar-refractivity contribution in [2.75, 3.05) is 33.3 Å². The molecule has 176 valence electrons. The van der Waals surface area contributed by atoms with Crippen LogP contribution in [-0.2, 0) is 23.9 Å². The second kappa shape index (κ2) is 9.65. The van der Waals surface area contributed by atoms with Crippen LogP contribution in [0.1, 0.15) is 31.4 Å². The molecule has 2 aliphatic heterocycles. The van der Waals surface area contributed by atoms with Crippen LogP contribution in [0.2, 0.25) is 5.02 Å². The smallest absolute Gasteiger partial charge is 0.327 e. The summed E-state index contributed by atoms with van der Waals surface area (Å²) in [7, 11) is 1.34. The number of benzene rings is 1. The summed E-state index contributed by atoms with van der Waals surface area (Å²) in [4.78, 5) is 56.2. The molecule has 0 aromatic heterocycles. The van der Waals surface area contributed by atoms with Gasteiger partial charge < -0.3 is 9.64 Å². The van der Waals surface area contributed by atoms with E-state index in [0.717, 1.165) is 4.90 Å². The molecule has 3 aliphatic rings. The molecule has 0 bridgehead atoms. The van der Waals surface area contributed by atoms with Crippen LogP contribution in [0.4, 0.5) is 0 Å². The van der Waals surface area contributed by atoms with E-state index in [1.165, 1.54) is 7.11 Å². The number of carbonyl (C=O) groups excluding carboxylic acids is 4. The number of fused-ring (bicyclic) bond motifs is 1. The minimum Gasteiger partial charge on any atom is -0.468 e. The van der Waals surface area contributed by atoms with Crippen LogP contribution in [0, 0.1) is 11.8 Å². The van der Waals surface area contributed by atoms with Crippen molar-refractivity contribution in [2.24, 2.45) is 11.8 Å². The Bertz CT molecular complexity index is 962. The van der Waals surface area contributed by atoms with Crippen LogP contribution in [0.15, 0.2) is 36.4 Å². The second-order valence-corrected chi connectivity index (χ2v) is 9.09. The molecule has 1 aromatic rings. The van der Waals surface area contributed by atoms with Crippen LogP contribution in [0.3, 0.4) is 0 Å². The van der Waals surface area contributed by atoms with Crippen molar-refractivity contribution in [1.82, 2.24) is 14.7 Å². The first kappa shape index (κ1) is 23.4. The van der Waals surface area contributed by atoms with E-state index in [9.17, 15) is 19.2 Å². The highest BCUT2D eigenvalue weighted by molar-refractivity contribution is 6.31. The van der Waals surface area contributed by atoms with Gasteiger partial charge in [-0.1, -0.05) is 42.0 Å². The molecule has 1 aliphatic carbocycles. The normalized spacial score (nSPS) is 25.1. The molecular formula is C24H28ClN3O5. The molecular weight excluding hydrogens is 446 g/mol. The van der Waals surface area contributed by atoms with E-state index in [1.54, 1.807) is 30.0 Å². The van der Waals surface area contributed by atoms with E-state index in [1.807, 2.05) is 23.1 Å². The van der Waals surface area contributed by atoms with Crippen molar-refractivity contribution in [3.63, 3.8) is 0 Å². The Kier molecular flexibility index (Phi) is 6.86. The van der Waals surface area contributed by atoms with Gasteiger partial charge in [0.05, 0.1) is 18.9 Å². The molecule has 33 heavy (non-hydrogen) atoms. The standard InChI is InChI=1S/C24H28ClN3O5/c1-15(28-22(30)16-7-3-4-8-17(16)23(28)31)21(29)27-13-11-26(12-14-27)20(24(32)33-2)18-9-5-6-10-19(18)25/h3-6,9-10,15-17,20H,7-8,11-14H2,1-2H3/t15-,16?,17?,20?/m0/s1. The number of halogens is 1. The van der Waals surface area contributed by atoms with Gasteiger partial charge in [0, 0.05) is 31.2 Å². The fourth-order valence-electron chi connectivity index (χ4n) is 5.06. The number of nitrogens with zero attached hydrogens (tertiary/aromatic N) is 3. The topological polar surface area (TPSA) is 87.2 Å². The number of methoxy groups -OCH3 is 1. The predicted octanol–water partition coefficient (Wildman–Crippen LogP) is 2.04. The van der Waals surface area contributed by atoms with E-state index in [0.29, 0.717) is 49.6 Å². The molecule has 0 saturated carbocycles. The maximum Gasteiger partial charge on any atom is 0.327 e. The summed E-state index contributed by atoms with van der Waals surface area (Å²) in [5, 5.41) is 0.474. The van der Waals surface area contributed by atoms with E-state index in [4.69, 9.17) is 16.3 Å². The lowest BCUT2D eigenvalue weighted by Crippen LogP contribution is -2.56. The Morgan fingerprint density at radius 3 is 2.12 bits per heavy atom. The largest absolute Gasteiger partial charge is 0.468 e. The summed E-state index contributed by atoms with van der Waals surface area (Å²) in [6, 6.07) is 5.62. The van der Waals surface area contributed by atoms with Crippen molar-refractivity contribution in [3.8, 4) is 0 Å². The lowest BCUT2D eigenvalue weighted by atomic mass is 9.85. The number of amides is 3. The lowest BCUT2D eigenvalue weighted by molar-refractivity contribution is -0.153. The Balaban J connectivity index is 1.43. The fraction of sp³-hybridized carbons (Fsp3) is 0.500. The molecule has 0 radical (unpaired) electrons. The molecule has 2 fully saturated rings. The van der Waals surface area contributed by atoms with Gasteiger partial charge in [0.2, 0.25) is 17.7 Å². The van der Waals surface area contributed by atoms with Gasteiger partial charge in [0.15, 0.2) is 0 Å². The minimum atomic E-state index is -0.845. The number of allylic oxidation sites excluding steroid dienone is 2. The van der Waals surface area contributed by atoms with Crippen LogP contribution in [0.5, 0.6) is 0 Å². The van der Waals surface area contributed by atoms with Crippen LogP contribution >= 0.6 is 11.6 Å². The summed E-state index contributed by atoms with van der Waals surface area (Å²) < 4.78 is 5.02. The van der Waals surface area contributed by atoms with Crippen LogP contribution < -0.4 is 0 Å². The first-order chi connectivity index (χ1) is 15.8. The molecule has 0 N–H and O–H groups in total. The zero-order valence-corrected chi connectivity index (χ0v) is 19.5. The molecule has 4 atom stereocenters. The van der Waals surface area contributed by atoms with Crippen molar-refractivity contribution < 1.29 is 23.9 Å². The molecule has 4 rings (SSSR count). The van der Waals surface area contributed by atoms with Gasteiger partial charge in [-0.15, -0.1) is 0 Å². The number of hydrogen-bond acceptors (Lipinski definition) is 6. The zero-order chi connectivity index (χ0) is 23.7. The number of ether oxygens (including phenoxy) is 1. The first-order valence-corrected chi connectivity index (χ1v) is 11.6. The fourth-order valence-corrected chi connectivity index (χ4v) is 5.30. The Hall–Kier alpha value is -2.71. The molecule has 0 spiro atoms. The number of imide groups is 1. The number of rotatable bonds is 5. The van der Waals surface area contributed by atoms with Crippen molar-refractivity contribution in [2.45, 2.75) is 31.8 Å². The van der Waals surface area contributed by atoms with E-state index < -0.39 is 18.1 Å². The summed E-state index contributed by atoms with van der Waals surface area (Å²) in [6.07, 6.45) is 4.95. The van der Waals surface area contributed by atoms with Crippen molar-refractivity contribution >= 4 is 35.3 Å². The maximum absolute atomic E-state index is 13.2. The second-order valence-electron chi connectivity index (χ2n) is 8.69. The predicted molar refractivity (Wildman–Crippen MR) is 121 cm³/mol. The van der Waals surface area contributed by atoms with E-state index in [-0.39, 0.29) is 29.6 Å². The Labute approximate surface area is 198 Å². The van der Waals surface area contributed by atoms with Crippen molar-refractivity contribution in [1.29, 1.82) is 0 Å². The molecule has 1 aromatic carbocycles. The first-order valence-electron chi connectivity index (χ1n) is 11.2. The molecule has 9 heteroatoms. The van der Waals surface area contributed by atoms with Gasteiger partial charge >= 0.3 is 5.97 Å². The number of esters is 1. The lowest BCUT2D eigenvalue weighted by Gasteiger charge is -2.39. The highest BCUT2D eigenvalue weighted by Gasteiger charge is 2.50. The highest BCUT2D eigenvalue weighted by atomic mass is 35.5.